The number of fused-ring (bicyclic) bond motifs is 2. The molecular formula is C25H28FN7OS. The lowest BCUT2D eigenvalue weighted by Gasteiger charge is -2.48. The Labute approximate surface area is 206 Å². The lowest BCUT2D eigenvalue weighted by molar-refractivity contribution is 0.104. The number of aromatic nitrogens is 4. The predicted octanol–water partition coefficient (Wildman–Crippen LogP) is 3.90. The average Bonchev–Trinajstić information content (AvgIpc) is 3.43. The van der Waals surface area contributed by atoms with Gasteiger partial charge in [0.1, 0.15) is 4.83 Å². The quantitative estimate of drug-likeness (QED) is 0.419. The SMILES string of the molecule is CC[C@@H]1CN(c2cc(=O)n(C)n3cc(CC#N)nc23)[C@@H](C)CN1C(C)c1ccc2cc(F)sc2n1. The van der Waals surface area contributed by atoms with Crippen molar-refractivity contribution in [1.82, 2.24) is 24.1 Å². The molecule has 182 valence electrons. The summed E-state index contributed by atoms with van der Waals surface area (Å²) in [4.78, 5) is 27.7. The summed E-state index contributed by atoms with van der Waals surface area (Å²) in [5.74, 6) is 0. The number of hydrogen-bond acceptors (Lipinski definition) is 7. The number of imidazole rings is 1. The van der Waals surface area contributed by atoms with Crippen molar-refractivity contribution in [2.75, 3.05) is 18.0 Å². The second kappa shape index (κ2) is 9.06. The van der Waals surface area contributed by atoms with Gasteiger partial charge in [0, 0.05) is 49.7 Å². The minimum Gasteiger partial charge on any atom is -0.363 e. The highest BCUT2D eigenvalue weighted by atomic mass is 32.1. The summed E-state index contributed by atoms with van der Waals surface area (Å²) < 4.78 is 17.0. The third-order valence-electron chi connectivity index (χ3n) is 7.09. The molecule has 0 saturated carbocycles. The van der Waals surface area contributed by atoms with Crippen molar-refractivity contribution in [1.29, 1.82) is 5.26 Å². The van der Waals surface area contributed by atoms with Gasteiger partial charge in [-0.05, 0) is 38.5 Å². The number of rotatable bonds is 5. The van der Waals surface area contributed by atoms with Crippen LogP contribution in [0.5, 0.6) is 0 Å². The zero-order valence-electron chi connectivity index (χ0n) is 20.3. The average molecular weight is 494 g/mol. The van der Waals surface area contributed by atoms with E-state index in [9.17, 15) is 9.18 Å². The molecule has 8 nitrogen and oxygen atoms in total. The molecule has 4 aromatic heterocycles. The van der Waals surface area contributed by atoms with Crippen LogP contribution < -0.4 is 10.5 Å². The molecule has 1 saturated heterocycles. The minimum absolute atomic E-state index is 0.0661. The molecule has 5 rings (SSSR count). The molecule has 10 heteroatoms. The second-order valence-electron chi connectivity index (χ2n) is 9.24. The summed E-state index contributed by atoms with van der Waals surface area (Å²) in [6.07, 6.45) is 2.89. The van der Waals surface area contributed by atoms with Gasteiger partial charge in [0.05, 0.1) is 35.8 Å². The summed E-state index contributed by atoms with van der Waals surface area (Å²) in [7, 11) is 1.71. The fraction of sp³-hybridized carbons (Fsp3) is 0.440. The molecule has 0 aliphatic carbocycles. The van der Waals surface area contributed by atoms with Gasteiger partial charge in [-0.15, -0.1) is 0 Å². The van der Waals surface area contributed by atoms with Crippen LogP contribution >= 0.6 is 11.3 Å². The topological polar surface area (TPSA) is 82.5 Å². The normalized spacial score (nSPS) is 19.9. The van der Waals surface area contributed by atoms with Gasteiger partial charge < -0.3 is 4.90 Å². The number of nitriles is 1. The van der Waals surface area contributed by atoms with E-state index in [4.69, 9.17) is 10.2 Å². The van der Waals surface area contributed by atoms with Crippen molar-refractivity contribution >= 4 is 32.9 Å². The summed E-state index contributed by atoms with van der Waals surface area (Å²) in [6.45, 7) is 8.00. The van der Waals surface area contributed by atoms with Gasteiger partial charge in [-0.2, -0.15) is 9.65 Å². The molecule has 1 fully saturated rings. The minimum atomic E-state index is -0.219. The van der Waals surface area contributed by atoms with Gasteiger partial charge in [-0.1, -0.05) is 18.3 Å². The third kappa shape index (κ3) is 4.09. The van der Waals surface area contributed by atoms with E-state index in [0.29, 0.717) is 11.3 Å². The molecule has 1 unspecified atom stereocenters. The van der Waals surface area contributed by atoms with Crippen LogP contribution in [0.1, 0.15) is 44.6 Å². The number of thiophene rings is 1. The van der Waals surface area contributed by atoms with Crippen LogP contribution in [0.25, 0.3) is 15.9 Å². The van der Waals surface area contributed by atoms with Crippen molar-refractivity contribution in [2.45, 2.75) is 51.7 Å². The number of piperazine rings is 1. The maximum atomic E-state index is 13.7. The molecule has 0 aromatic carbocycles. The highest BCUT2D eigenvalue weighted by Crippen LogP contribution is 2.33. The van der Waals surface area contributed by atoms with Gasteiger partial charge in [0.15, 0.2) is 10.8 Å². The number of aryl methyl sites for hydroxylation is 1. The Morgan fingerprint density at radius 1 is 1.29 bits per heavy atom. The summed E-state index contributed by atoms with van der Waals surface area (Å²) in [5, 5.41) is 9.74. The van der Waals surface area contributed by atoms with Gasteiger partial charge in [-0.3, -0.25) is 9.69 Å². The van der Waals surface area contributed by atoms with Crippen LogP contribution in [0.3, 0.4) is 0 Å². The van der Waals surface area contributed by atoms with Crippen LogP contribution in [-0.2, 0) is 13.5 Å². The van der Waals surface area contributed by atoms with E-state index in [0.717, 1.165) is 52.4 Å². The third-order valence-corrected chi connectivity index (χ3v) is 7.93. The first-order chi connectivity index (χ1) is 16.8. The van der Waals surface area contributed by atoms with E-state index in [1.807, 2.05) is 12.1 Å². The first-order valence-corrected chi connectivity index (χ1v) is 12.7. The fourth-order valence-corrected chi connectivity index (χ4v) is 5.89. The van der Waals surface area contributed by atoms with Gasteiger partial charge in [0.25, 0.3) is 5.56 Å². The number of anilines is 1. The number of nitrogens with zero attached hydrogens (tertiary/aromatic N) is 7. The number of halogens is 1. The molecule has 3 atom stereocenters. The molecule has 4 aromatic rings. The van der Waals surface area contributed by atoms with E-state index in [1.165, 1.54) is 10.7 Å². The number of hydrogen-bond donors (Lipinski definition) is 0. The smallest absolute Gasteiger partial charge is 0.267 e. The summed E-state index contributed by atoms with van der Waals surface area (Å²) in [6, 6.07) is 9.68. The van der Waals surface area contributed by atoms with Crippen molar-refractivity contribution in [3.05, 3.63) is 57.3 Å². The second-order valence-corrected chi connectivity index (χ2v) is 10.2. The zero-order chi connectivity index (χ0) is 24.9. The Balaban J connectivity index is 1.48. The predicted molar refractivity (Wildman–Crippen MR) is 135 cm³/mol. The Morgan fingerprint density at radius 2 is 2.09 bits per heavy atom. The molecule has 5 heterocycles. The molecule has 0 radical (unpaired) electrons. The van der Waals surface area contributed by atoms with Crippen molar-refractivity contribution in [3.63, 3.8) is 0 Å². The zero-order valence-corrected chi connectivity index (χ0v) is 21.1. The van der Waals surface area contributed by atoms with E-state index in [2.05, 4.69) is 41.6 Å². The fourth-order valence-electron chi connectivity index (χ4n) is 5.12. The van der Waals surface area contributed by atoms with E-state index >= 15 is 0 Å². The first kappa shape index (κ1) is 23.5. The van der Waals surface area contributed by atoms with Gasteiger partial charge in [0.2, 0.25) is 0 Å². The molecule has 0 amide bonds. The molecule has 1 aliphatic rings. The van der Waals surface area contributed by atoms with E-state index in [1.54, 1.807) is 23.8 Å². The molecule has 35 heavy (non-hydrogen) atoms. The lowest BCUT2D eigenvalue weighted by atomic mass is 10.0. The van der Waals surface area contributed by atoms with Crippen LogP contribution in [0.4, 0.5) is 10.1 Å². The standard InChI is InChI=1S/C25H28FN7OS/c1-5-19-14-31(21-11-23(34)30(4)33-13-18(8-9-27)28-24(21)33)15(2)12-32(19)16(3)20-7-6-17-10-22(26)35-25(17)29-20/h6-7,10-11,13,15-16,19H,5,8,12,14H2,1-4H3/t15-,16?,19+/m0/s1. The largest absolute Gasteiger partial charge is 0.363 e. The van der Waals surface area contributed by atoms with Gasteiger partial charge >= 0.3 is 0 Å². The summed E-state index contributed by atoms with van der Waals surface area (Å²) in [5.41, 5.74) is 2.94. The maximum Gasteiger partial charge on any atom is 0.267 e. The first-order valence-electron chi connectivity index (χ1n) is 11.8. The molecule has 0 bridgehead atoms. The van der Waals surface area contributed by atoms with Crippen molar-refractivity contribution in [2.24, 2.45) is 7.05 Å². The Morgan fingerprint density at radius 3 is 2.83 bits per heavy atom. The molecule has 1 aliphatic heterocycles. The van der Waals surface area contributed by atoms with E-state index in [-0.39, 0.29) is 35.2 Å². The molecular weight excluding hydrogens is 465 g/mol. The van der Waals surface area contributed by atoms with Crippen molar-refractivity contribution in [3.8, 4) is 6.07 Å². The molecule has 0 spiro atoms. The van der Waals surface area contributed by atoms with Crippen LogP contribution in [0.2, 0.25) is 0 Å². The highest BCUT2D eigenvalue weighted by Gasteiger charge is 2.35. The summed E-state index contributed by atoms with van der Waals surface area (Å²) >= 11 is 1.08. The monoisotopic (exact) mass is 493 g/mol. The van der Waals surface area contributed by atoms with Crippen LogP contribution in [0, 0.1) is 16.5 Å². The van der Waals surface area contributed by atoms with Crippen LogP contribution in [-0.4, -0.2) is 49.2 Å². The Kier molecular flexibility index (Phi) is 6.07. The molecule has 0 N–H and O–H groups in total. The highest BCUT2D eigenvalue weighted by molar-refractivity contribution is 7.17. The number of pyridine rings is 1. The van der Waals surface area contributed by atoms with Crippen molar-refractivity contribution < 1.29 is 4.39 Å². The lowest BCUT2D eigenvalue weighted by Crippen LogP contribution is -2.58. The Bertz CT molecular complexity index is 1500. The maximum absolute atomic E-state index is 13.7. The Hall–Kier alpha value is -3.29. The van der Waals surface area contributed by atoms with Gasteiger partial charge in [-0.25, -0.2) is 19.2 Å². The van der Waals surface area contributed by atoms with Crippen LogP contribution in [0.15, 0.2) is 35.3 Å². The van der Waals surface area contributed by atoms with E-state index < -0.39 is 0 Å².